The van der Waals surface area contributed by atoms with Gasteiger partial charge in [-0.25, -0.2) is 4.99 Å². The first-order valence-electron chi connectivity index (χ1n) is 9.30. The molecule has 0 spiro atoms. The molecule has 0 unspecified atom stereocenters. The van der Waals surface area contributed by atoms with E-state index >= 15 is 0 Å². The first kappa shape index (κ1) is 21.4. The van der Waals surface area contributed by atoms with Crippen LogP contribution in [0.3, 0.4) is 0 Å². The van der Waals surface area contributed by atoms with Gasteiger partial charge in [-0.05, 0) is 24.3 Å². The predicted molar refractivity (Wildman–Crippen MR) is 120 cm³/mol. The summed E-state index contributed by atoms with van der Waals surface area (Å²) >= 11 is 1.28. The normalized spacial score (nSPS) is 17.1. The third kappa shape index (κ3) is 5.01. The highest BCUT2D eigenvalue weighted by atomic mass is 32.2. The molecule has 1 aliphatic heterocycles. The number of hydrogen-bond donors (Lipinski definition) is 1. The molecule has 0 saturated carbocycles. The fraction of sp³-hybridized carbons (Fsp3) is 0.227. The second kappa shape index (κ2) is 9.98. The largest absolute Gasteiger partial charge is 0.497 e. The number of amidine groups is 1. The summed E-state index contributed by atoms with van der Waals surface area (Å²) in [6.45, 7) is 4.05. The van der Waals surface area contributed by atoms with Crippen LogP contribution < -0.4 is 14.8 Å². The third-order valence-electron chi connectivity index (χ3n) is 4.37. The highest BCUT2D eigenvalue weighted by Crippen LogP contribution is 2.33. The summed E-state index contributed by atoms with van der Waals surface area (Å²) in [5.74, 6) is 0.649. The van der Waals surface area contributed by atoms with E-state index in [4.69, 9.17) is 9.47 Å². The minimum atomic E-state index is -0.559. The van der Waals surface area contributed by atoms with E-state index in [1.807, 2.05) is 30.3 Å². The summed E-state index contributed by atoms with van der Waals surface area (Å²) in [6.07, 6.45) is 1.66. The Morgan fingerprint density at radius 3 is 2.67 bits per heavy atom. The second-order valence-electron chi connectivity index (χ2n) is 6.39. The topological polar surface area (TPSA) is 80.2 Å². The number of nitrogens with zero attached hydrogens (tertiary/aromatic N) is 2. The molecule has 1 saturated heterocycles. The number of carbonyl (C=O) groups is 2. The number of methoxy groups -OCH3 is 2. The number of aliphatic imine (C=N–C) groups is 1. The summed E-state index contributed by atoms with van der Waals surface area (Å²) in [5, 5.41) is 2.81. The lowest BCUT2D eigenvalue weighted by Crippen LogP contribution is -2.33. The van der Waals surface area contributed by atoms with Crippen molar-refractivity contribution in [2.75, 3.05) is 26.1 Å². The first-order chi connectivity index (χ1) is 14.5. The summed E-state index contributed by atoms with van der Waals surface area (Å²) in [6, 6.07) is 14.5. The molecule has 0 aromatic heterocycles. The molecule has 1 aliphatic rings. The number of nitrogens with one attached hydrogen (secondary N) is 1. The summed E-state index contributed by atoms with van der Waals surface area (Å²) in [4.78, 5) is 31.6. The van der Waals surface area contributed by atoms with Crippen LogP contribution in [0, 0.1) is 0 Å². The van der Waals surface area contributed by atoms with Gasteiger partial charge < -0.3 is 14.8 Å². The molecule has 2 amide bonds. The highest BCUT2D eigenvalue weighted by molar-refractivity contribution is 8.15. The van der Waals surface area contributed by atoms with Crippen LogP contribution in [0.2, 0.25) is 0 Å². The zero-order valence-electron chi connectivity index (χ0n) is 16.8. The van der Waals surface area contributed by atoms with Crippen molar-refractivity contribution in [1.29, 1.82) is 0 Å². The Kier molecular flexibility index (Phi) is 7.13. The van der Waals surface area contributed by atoms with Crippen LogP contribution in [0.25, 0.3) is 0 Å². The molecule has 3 rings (SSSR count). The second-order valence-corrected chi connectivity index (χ2v) is 7.56. The van der Waals surface area contributed by atoms with Crippen molar-refractivity contribution >= 4 is 40.1 Å². The molecular weight excluding hydrogens is 402 g/mol. The minimum Gasteiger partial charge on any atom is -0.497 e. The van der Waals surface area contributed by atoms with E-state index < -0.39 is 5.25 Å². The number of ether oxygens (including phenoxy) is 2. The number of amides is 2. The van der Waals surface area contributed by atoms with Gasteiger partial charge in [-0.1, -0.05) is 36.0 Å². The third-order valence-corrected chi connectivity index (χ3v) is 5.54. The van der Waals surface area contributed by atoms with Crippen molar-refractivity contribution in [2.24, 2.45) is 4.99 Å². The minimum absolute atomic E-state index is 0.0140. The van der Waals surface area contributed by atoms with Crippen molar-refractivity contribution in [3.05, 3.63) is 61.2 Å². The van der Waals surface area contributed by atoms with Crippen LogP contribution in [0.4, 0.5) is 11.4 Å². The molecule has 0 bridgehead atoms. The summed E-state index contributed by atoms with van der Waals surface area (Å²) in [7, 11) is 3.07. The van der Waals surface area contributed by atoms with Crippen molar-refractivity contribution in [1.82, 2.24) is 4.90 Å². The Bertz CT molecular complexity index is 962. The van der Waals surface area contributed by atoms with E-state index in [-0.39, 0.29) is 18.2 Å². The van der Waals surface area contributed by atoms with E-state index in [0.29, 0.717) is 28.9 Å². The smallest absolute Gasteiger partial charge is 0.242 e. The number of para-hydroxylation sites is 1. The van der Waals surface area contributed by atoms with Gasteiger partial charge in [-0.2, -0.15) is 0 Å². The van der Waals surface area contributed by atoms with Gasteiger partial charge in [0, 0.05) is 19.0 Å². The molecule has 2 aromatic carbocycles. The quantitative estimate of drug-likeness (QED) is 0.650. The molecule has 1 atom stereocenters. The monoisotopic (exact) mass is 425 g/mol. The Morgan fingerprint density at radius 1 is 1.23 bits per heavy atom. The molecular formula is C22H23N3O4S. The molecule has 1 heterocycles. The van der Waals surface area contributed by atoms with E-state index in [1.54, 1.807) is 36.3 Å². The van der Waals surface area contributed by atoms with Crippen molar-refractivity contribution in [3.8, 4) is 11.5 Å². The number of anilines is 1. The van der Waals surface area contributed by atoms with Crippen molar-refractivity contribution < 1.29 is 19.1 Å². The van der Waals surface area contributed by atoms with Crippen LogP contribution >= 0.6 is 11.8 Å². The zero-order valence-corrected chi connectivity index (χ0v) is 17.6. The van der Waals surface area contributed by atoms with Crippen LogP contribution in [-0.4, -0.2) is 47.9 Å². The SMILES string of the molecule is C=CCN1C(=O)[C@H](CC(=O)Nc2ccc(OC)cc2OC)SC1=Nc1ccccc1. The van der Waals surface area contributed by atoms with Gasteiger partial charge >= 0.3 is 0 Å². The maximum Gasteiger partial charge on any atom is 0.242 e. The van der Waals surface area contributed by atoms with Crippen LogP contribution in [0.1, 0.15) is 6.42 Å². The molecule has 1 fully saturated rings. The average molecular weight is 426 g/mol. The fourth-order valence-electron chi connectivity index (χ4n) is 2.91. The zero-order chi connectivity index (χ0) is 21.5. The standard InChI is InChI=1S/C22H23N3O4S/c1-4-12-25-21(27)19(30-22(25)23-15-8-6-5-7-9-15)14-20(26)24-17-11-10-16(28-2)13-18(17)29-3/h4-11,13,19H,1,12,14H2,2-3H3,(H,24,26)/t19-/m0/s1. The van der Waals surface area contributed by atoms with Crippen LogP contribution in [-0.2, 0) is 9.59 Å². The van der Waals surface area contributed by atoms with Gasteiger partial charge in [0.15, 0.2) is 5.17 Å². The van der Waals surface area contributed by atoms with Gasteiger partial charge in [0.05, 0.1) is 25.6 Å². The van der Waals surface area contributed by atoms with Gasteiger partial charge in [-0.3, -0.25) is 14.5 Å². The van der Waals surface area contributed by atoms with E-state index in [9.17, 15) is 9.59 Å². The lowest BCUT2D eigenvalue weighted by molar-refractivity contribution is -0.127. The van der Waals surface area contributed by atoms with Gasteiger partial charge in [-0.15, -0.1) is 6.58 Å². The number of benzene rings is 2. The van der Waals surface area contributed by atoms with Crippen LogP contribution in [0.5, 0.6) is 11.5 Å². The van der Waals surface area contributed by atoms with E-state index in [2.05, 4.69) is 16.9 Å². The Morgan fingerprint density at radius 2 is 2.00 bits per heavy atom. The Labute approximate surface area is 179 Å². The number of carbonyl (C=O) groups excluding carboxylic acids is 2. The molecule has 7 nitrogen and oxygen atoms in total. The fourth-order valence-corrected chi connectivity index (χ4v) is 4.07. The average Bonchev–Trinajstić information content (AvgIpc) is 3.03. The molecule has 156 valence electrons. The number of rotatable bonds is 8. The van der Waals surface area contributed by atoms with Gasteiger partial charge in [0.25, 0.3) is 0 Å². The molecule has 0 aliphatic carbocycles. The van der Waals surface area contributed by atoms with E-state index in [1.165, 1.54) is 18.9 Å². The number of thioether (sulfide) groups is 1. The Hall–Kier alpha value is -3.26. The Balaban J connectivity index is 1.73. The first-order valence-corrected chi connectivity index (χ1v) is 10.2. The number of hydrogen-bond acceptors (Lipinski definition) is 6. The molecule has 0 radical (unpaired) electrons. The van der Waals surface area contributed by atoms with E-state index in [0.717, 1.165) is 5.69 Å². The predicted octanol–water partition coefficient (Wildman–Crippen LogP) is 3.85. The maximum absolute atomic E-state index is 12.8. The summed E-state index contributed by atoms with van der Waals surface area (Å²) in [5.41, 5.74) is 1.26. The lowest BCUT2D eigenvalue weighted by Gasteiger charge is -2.14. The molecule has 8 heteroatoms. The maximum atomic E-state index is 12.8. The molecule has 1 N–H and O–H groups in total. The van der Waals surface area contributed by atoms with Gasteiger partial charge in [0.2, 0.25) is 11.8 Å². The highest BCUT2D eigenvalue weighted by Gasteiger charge is 2.38. The van der Waals surface area contributed by atoms with Crippen molar-refractivity contribution in [3.63, 3.8) is 0 Å². The van der Waals surface area contributed by atoms with Crippen LogP contribution in [0.15, 0.2) is 66.2 Å². The van der Waals surface area contributed by atoms with Crippen molar-refractivity contribution in [2.45, 2.75) is 11.7 Å². The molecule has 30 heavy (non-hydrogen) atoms. The summed E-state index contributed by atoms with van der Waals surface area (Å²) < 4.78 is 10.5. The van der Waals surface area contributed by atoms with Gasteiger partial charge in [0.1, 0.15) is 16.7 Å². The molecule has 2 aromatic rings. The lowest BCUT2D eigenvalue weighted by atomic mass is 10.2.